The summed E-state index contributed by atoms with van der Waals surface area (Å²) in [5, 5.41) is 39.0. The third kappa shape index (κ3) is 2.38. The van der Waals surface area contributed by atoms with Gasteiger partial charge in [-0.1, -0.05) is 13.0 Å². The number of Topliss-reactive ketones (excluding diaryl/α,β-unsaturated/α-hetero) is 1. The molecule has 0 saturated heterocycles. The van der Waals surface area contributed by atoms with Crippen molar-refractivity contribution >= 4 is 5.78 Å². The Morgan fingerprint density at radius 1 is 0.957 bits per heavy atom. The van der Waals surface area contributed by atoms with Gasteiger partial charge in [-0.2, -0.15) is 0 Å². The number of aryl methyl sites for hydroxylation is 1. The Morgan fingerprint density at radius 3 is 2.17 bits per heavy atom. The summed E-state index contributed by atoms with van der Waals surface area (Å²) in [7, 11) is 0. The fourth-order valence-electron chi connectivity index (χ4n) is 3.36. The first-order valence-electron chi connectivity index (χ1n) is 7.41. The molecule has 4 N–H and O–H groups in total. The van der Waals surface area contributed by atoms with E-state index in [9.17, 15) is 25.2 Å². The largest absolute Gasteiger partial charge is 0.507 e. The molecule has 1 aliphatic carbocycles. The minimum absolute atomic E-state index is 0.00768. The van der Waals surface area contributed by atoms with Crippen molar-refractivity contribution < 1.29 is 25.2 Å². The molecule has 0 aliphatic heterocycles. The normalized spacial score (nSPS) is 20.3. The minimum atomic E-state index is -0.572. The van der Waals surface area contributed by atoms with Gasteiger partial charge in [-0.15, -0.1) is 0 Å². The summed E-state index contributed by atoms with van der Waals surface area (Å²) in [4.78, 5) is 12.6. The maximum atomic E-state index is 12.6. The lowest BCUT2D eigenvalue weighted by Crippen LogP contribution is -2.28. The van der Waals surface area contributed by atoms with E-state index in [0.29, 0.717) is 17.5 Å². The van der Waals surface area contributed by atoms with Crippen LogP contribution >= 0.6 is 0 Å². The number of fused-ring (bicyclic) bond motifs is 1. The summed E-state index contributed by atoms with van der Waals surface area (Å²) in [5.74, 6) is -2.26. The topological polar surface area (TPSA) is 98.0 Å². The van der Waals surface area contributed by atoms with Crippen LogP contribution in [0.4, 0.5) is 0 Å². The molecule has 0 aromatic heterocycles. The van der Waals surface area contributed by atoms with E-state index in [1.165, 1.54) is 12.1 Å². The zero-order valence-corrected chi connectivity index (χ0v) is 12.9. The number of benzene rings is 2. The van der Waals surface area contributed by atoms with Gasteiger partial charge in [0.05, 0.1) is 5.56 Å². The smallest absolute Gasteiger partial charge is 0.200 e. The molecule has 2 aromatic carbocycles. The molecule has 0 spiro atoms. The Balaban J connectivity index is 2.11. The van der Waals surface area contributed by atoms with Crippen LogP contribution < -0.4 is 0 Å². The standard InChI is InChI=1S/C18H18O5/c1-8-3-11-5-12(9(2)17(22)16(11)13(19)4-8)10-6-14(20)18(23)15(21)7-10/h3-4,6-7,9,12,19-21,23H,5H2,1-2H3. The monoisotopic (exact) mass is 314 g/mol. The lowest BCUT2D eigenvalue weighted by Gasteiger charge is -2.31. The summed E-state index contributed by atoms with van der Waals surface area (Å²) >= 11 is 0. The average Bonchev–Trinajstić information content (AvgIpc) is 2.47. The van der Waals surface area contributed by atoms with Gasteiger partial charge in [0.25, 0.3) is 0 Å². The van der Waals surface area contributed by atoms with Crippen LogP contribution in [0.2, 0.25) is 0 Å². The van der Waals surface area contributed by atoms with E-state index in [-0.39, 0.29) is 17.5 Å². The molecular formula is C18H18O5. The Hall–Kier alpha value is -2.69. The molecule has 1 aliphatic rings. The van der Waals surface area contributed by atoms with Crippen LogP contribution in [-0.4, -0.2) is 26.2 Å². The molecule has 0 heterocycles. The highest BCUT2D eigenvalue weighted by atomic mass is 16.3. The molecule has 5 heteroatoms. The molecule has 0 radical (unpaired) electrons. The van der Waals surface area contributed by atoms with E-state index in [4.69, 9.17) is 0 Å². The van der Waals surface area contributed by atoms with Crippen LogP contribution in [0.25, 0.3) is 0 Å². The van der Waals surface area contributed by atoms with Gasteiger partial charge in [0.2, 0.25) is 0 Å². The maximum Gasteiger partial charge on any atom is 0.200 e. The molecule has 120 valence electrons. The van der Waals surface area contributed by atoms with Gasteiger partial charge < -0.3 is 20.4 Å². The minimum Gasteiger partial charge on any atom is -0.507 e. The zero-order chi connectivity index (χ0) is 16.9. The van der Waals surface area contributed by atoms with E-state index in [1.54, 1.807) is 13.0 Å². The van der Waals surface area contributed by atoms with E-state index in [0.717, 1.165) is 11.1 Å². The van der Waals surface area contributed by atoms with Crippen molar-refractivity contribution in [1.29, 1.82) is 0 Å². The van der Waals surface area contributed by atoms with Gasteiger partial charge in [-0.05, 0) is 54.2 Å². The van der Waals surface area contributed by atoms with Gasteiger partial charge in [-0.3, -0.25) is 4.79 Å². The van der Waals surface area contributed by atoms with Gasteiger partial charge in [0.15, 0.2) is 23.0 Å². The summed E-state index contributed by atoms with van der Waals surface area (Å²) in [6, 6.07) is 6.17. The highest BCUT2D eigenvalue weighted by molar-refractivity contribution is 6.03. The number of aromatic hydroxyl groups is 4. The number of phenolic OH excluding ortho intramolecular Hbond substituents is 4. The van der Waals surface area contributed by atoms with Crippen molar-refractivity contribution in [1.82, 2.24) is 0 Å². The summed E-state index contributed by atoms with van der Waals surface area (Å²) in [6.07, 6.45) is 0.501. The number of ketones is 1. The summed E-state index contributed by atoms with van der Waals surface area (Å²) in [6.45, 7) is 3.60. The second kappa shape index (κ2) is 5.19. The predicted octanol–water partition coefficient (Wildman–Crippen LogP) is 2.98. The lowest BCUT2D eigenvalue weighted by molar-refractivity contribution is 0.0894. The SMILES string of the molecule is Cc1cc(O)c2c(c1)CC(c1cc(O)c(O)c(O)c1)C(C)C2=O. The van der Waals surface area contributed by atoms with Crippen molar-refractivity contribution in [3.63, 3.8) is 0 Å². The third-order valence-corrected chi connectivity index (χ3v) is 4.57. The highest BCUT2D eigenvalue weighted by Gasteiger charge is 2.35. The second-order valence-electron chi connectivity index (χ2n) is 6.19. The molecule has 23 heavy (non-hydrogen) atoms. The molecule has 0 saturated carbocycles. The van der Waals surface area contributed by atoms with Gasteiger partial charge >= 0.3 is 0 Å². The van der Waals surface area contributed by atoms with Gasteiger partial charge in [-0.25, -0.2) is 0 Å². The van der Waals surface area contributed by atoms with Crippen LogP contribution in [0, 0.1) is 12.8 Å². The van der Waals surface area contributed by atoms with E-state index >= 15 is 0 Å². The van der Waals surface area contributed by atoms with Crippen LogP contribution in [-0.2, 0) is 6.42 Å². The molecule has 5 nitrogen and oxygen atoms in total. The Bertz CT molecular complexity index is 786. The number of carbonyl (C=O) groups excluding carboxylic acids is 1. The van der Waals surface area contributed by atoms with Gasteiger partial charge in [0.1, 0.15) is 5.75 Å². The van der Waals surface area contributed by atoms with Gasteiger partial charge in [0, 0.05) is 5.92 Å². The predicted molar refractivity (Wildman–Crippen MR) is 84.2 cm³/mol. The fraction of sp³-hybridized carbons (Fsp3) is 0.278. The van der Waals surface area contributed by atoms with Crippen LogP contribution in [0.15, 0.2) is 24.3 Å². The summed E-state index contributed by atoms with van der Waals surface area (Å²) < 4.78 is 0. The molecule has 0 fully saturated rings. The molecule has 3 rings (SSSR count). The van der Waals surface area contributed by atoms with Crippen LogP contribution in [0.3, 0.4) is 0 Å². The third-order valence-electron chi connectivity index (χ3n) is 4.57. The number of hydrogen-bond acceptors (Lipinski definition) is 5. The zero-order valence-electron chi connectivity index (χ0n) is 12.9. The second-order valence-corrected chi connectivity index (χ2v) is 6.19. The van der Waals surface area contributed by atoms with E-state index in [1.807, 2.05) is 13.0 Å². The Kier molecular flexibility index (Phi) is 3.43. The van der Waals surface area contributed by atoms with Crippen molar-refractivity contribution in [3.8, 4) is 23.0 Å². The first-order chi connectivity index (χ1) is 10.8. The lowest BCUT2D eigenvalue weighted by atomic mass is 9.72. The Labute approximate surface area is 133 Å². The van der Waals surface area contributed by atoms with Crippen LogP contribution in [0.5, 0.6) is 23.0 Å². The molecule has 2 unspecified atom stereocenters. The fourth-order valence-corrected chi connectivity index (χ4v) is 3.36. The van der Waals surface area contributed by atoms with Crippen molar-refractivity contribution in [2.45, 2.75) is 26.2 Å². The first-order valence-corrected chi connectivity index (χ1v) is 7.41. The van der Waals surface area contributed by atoms with Crippen molar-refractivity contribution in [3.05, 3.63) is 46.5 Å². The molecular weight excluding hydrogens is 296 g/mol. The number of phenols is 4. The van der Waals surface area contributed by atoms with Crippen LogP contribution in [0.1, 0.15) is 39.9 Å². The van der Waals surface area contributed by atoms with Crippen molar-refractivity contribution in [2.24, 2.45) is 5.92 Å². The maximum absolute atomic E-state index is 12.6. The molecule has 2 atom stereocenters. The number of hydrogen-bond donors (Lipinski definition) is 4. The number of rotatable bonds is 1. The molecule has 2 aromatic rings. The van der Waals surface area contributed by atoms with Crippen molar-refractivity contribution in [2.75, 3.05) is 0 Å². The van der Waals surface area contributed by atoms with E-state index < -0.39 is 23.2 Å². The quantitative estimate of drug-likeness (QED) is 0.607. The summed E-state index contributed by atoms with van der Waals surface area (Å²) in [5.41, 5.74) is 2.54. The first kappa shape index (κ1) is 15.2. The highest BCUT2D eigenvalue weighted by Crippen LogP contribution is 2.44. The number of carbonyl (C=O) groups is 1. The van der Waals surface area contributed by atoms with E-state index in [2.05, 4.69) is 0 Å². The molecule has 0 amide bonds. The Morgan fingerprint density at radius 2 is 1.57 bits per heavy atom. The average molecular weight is 314 g/mol. The molecule has 0 bridgehead atoms.